The maximum atomic E-state index is 12.0. The standard InChI is InChI=1S/C11H15BrN2O3/c1-7-11(12)8(14(2)13-7)5-9(15)10-6-16-3-4-17-10/h10H,3-6H2,1-2H3. The van der Waals surface area contributed by atoms with Gasteiger partial charge in [-0.3, -0.25) is 9.48 Å². The van der Waals surface area contributed by atoms with Crippen LogP contribution in [-0.4, -0.2) is 41.5 Å². The van der Waals surface area contributed by atoms with Gasteiger partial charge >= 0.3 is 0 Å². The van der Waals surface area contributed by atoms with Crippen LogP contribution in [0.3, 0.4) is 0 Å². The Morgan fingerprint density at radius 3 is 2.88 bits per heavy atom. The molecule has 0 spiro atoms. The summed E-state index contributed by atoms with van der Waals surface area (Å²) in [6, 6.07) is 0. The molecule has 1 fully saturated rings. The fourth-order valence-corrected chi connectivity index (χ4v) is 2.30. The minimum atomic E-state index is -0.439. The van der Waals surface area contributed by atoms with Crippen molar-refractivity contribution in [3.05, 3.63) is 15.9 Å². The highest BCUT2D eigenvalue weighted by Gasteiger charge is 2.25. The Bertz CT molecular complexity index is 425. The average Bonchev–Trinajstić information content (AvgIpc) is 2.57. The fourth-order valence-electron chi connectivity index (χ4n) is 1.82. The molecule has 1 aliphatic heterocycles. The molecule has 0 saturated carbocycles. The first-order valence-corrected chi connectivity index (χ1v) is 6.29. The van der Waals surface area contributed by atoms with Crippen molar-refractivity contribution in [2.75, 3.05) is 19.8 Å². The Hall–Kier alpha value is -0.720. The second kappa shape index (κ2) is 5.29. The molecule has 2 rings (SSSR count). The van der Waals surface area contributed by atoms with Crippen molar-refractivity contribution >= 4 is 21.7 Å². The zero-order valence-electron chi connectivity index (χ0n) is 9.90. The number of carbonyl (C=O) groups excluding carboxylic acids is 1. The van der Waals surface area contributed by atoms with Gasteiger partial charge in [0.05, 0.1) is 42.1 Å². The van der Waals surface area contributed by atoms with E-state index < -0.39 is 6.10 Å². The number of rotatable bonds is 3. The van der Waals surface area contributed by atoms with Gasteiger partial charge in [0.1, 0.15) is 6.10 Å². The number of aryl methyl sites for hydroxylation is 2. The summed E-state index contributed by atoms with van der Waals surface area (Å²) in [4.78, 5) is 12.0. The Morgan fingerprint density at radius 1 is 1.59 bits per heavy atom. The number of hydrogen-bond donors (Lipinski definition) is 0. The van der Waals surface area contributed by atoms with Crippen LogP contribution in [0.15, 0.2) is 4.47 Å². The number of halogens is 1. The quantitative estimate of drug-likeness (QED) is 0.836. The predicted octanol–water partition coefficient (Wildman–Crippen LogP) is 1.02. The van der Waals surface area contributed by atoms with Gasteiger partial charge in [0.25, 0.3) is 0 Å². The number of ketones is 1. The molecule has 1 atom stereocenters. The van der Waals surface area contributed by atoms with Crippen LogP contribution in [0.4, 0.5) is 0 Å². The summed E-state index contributed by atoms with van der Waals surface area (Å²) in [6.45, 7) is 3.31. The van der Waals surface area contributed by atoms with Crippen molar-refractivity contribution in [3.8, 4) is 0 Å². The average molecular weight is 303 g/mol. The van der Waals surface area contributed by atoms with Gasteiger partial charge in [-0.2, -0.15) is 5.10 Å². The van der Waals surface area contributed by atoms with Crippen LogP contribution in [0.5, 0.6) is 0 Å². The van der Waals surface area contributed by atoms with Gasteiger partial charge in [-0.05, 0) is 22.9 Å². The fraction of sp³-hybridized carbons (Fsp3) is 0.636. The van der Waals surface area contributed by atoms with Gasteiger partial charge in [-0.15, -0.1) is 0 Å². The van der Waals surface area contributed by atoms with Crippen molar-refractivity contribution in [1.29, 1.82) is 0 Å². The van der Waals surface area contributed by atoms with E-state index in [4.69, 9.17) is 9.47 Å². The molecule has 94 valence electrons. The van der Waals surface area contributed by atoms with Crippen molar-refractivity contribution < 1.29 is 14.3 Å². The molecule has 0 amide bonds. The van der Waals surface area contributed by atoms with E-state index in [-0.39, 0.29) is 5.78 Å². The van der Waals surface area contributed by atoms with Crippen LogP contribution >= 0.6 is 15.9 Å². The van der Waals surface area contributed by atoms with E-state index in [1.807, 2.05) is 14.0 Å². The van der Waals surface area contributed by atoms with E-state index in [9.17, 15) is 4.79 Å². The zero-order valence-corrected chi connectivity index (χ0v) is 11.5. The first-order chi connectivity index (χ1) is 8.09. The summed E-state index contributed by atoms with van der Waals surface area (Å²) in [7, 11) is 1.83. The Labute approximate surface area is 108 Å². The van der Waals surface area contributed by atoms with E-state index >= 15 is 0 Å². The van der Waals surface area contributed by atoms with Gasteiger partial charge in [-0.1, -0.05) is 0 Å². The zero-order chi connectivity index (χ0) is 12.4. The lowest BCUT2D eigenvalue weighted by atomic mass is 10.1. The summed E-state index contributed by atoms with van der Waals surface area (Å²) in [6.07, 6.45) is -0.128. The summed E-state index contributed by atoms with van der Waals surface area (Å²) in [5.41, 5.74) is 1.76. The van der Waals surface area contributed by atoms with Crippen LogP contribution in [0, 0.1) is 6.92 Å². The van der Waals surface area contributed by atoms with Crippen molar-refractivity contribution in [1.82, 2.24) is 9.78 Å². The van der Waals surface area contributed by atoms with Crippen molar-refractivity contribution in [3.63, 3.8) is 0 Å². The van der Waals surface area contributed by atoms with Crippen LogP contribution in [0.25, 0.3) is 0 Å². The second-order valence-electron chi connectivity index (χ2n) is 4.05. The normalized spacial score (nSPS) is 20.5. The van der Waals surface area contributed by atoms with Gasteiger partial charge in [0.2, 0.25) is 0 Å². The number of ether oxygens (including phenoxy) is 2. The SMILES string of the molecule is Cc1nn(C)c(CC(=O)C2COCCO2)c1Br. The number of nitrogens with zero attached hydrogens (tertiary/aromatic N) is 2. The molecule has 2 heterocycles. The summed E-state index contributed by atoms with van der Waals surface area (Å²) in [5, 5.41) is 4.25. The molecule has 1 aromatic heterocycles. The third-order valence-electron chi connectivity index (χ3n) is 2.78. The van der Waals surface area contributed by atoms with Crippen LogP contribution in [-0.2, 0) is 27.7 Å². The molecule has 6 heteroatoms. The molecular weight excluding hydrogens is 288 g/mol. The largest absolute Gasteiger partial charge is 0.376 e. The van der Waals surface area contributed by atoms with E-state index in [1.54, 1.807) is 4.68 Å². The molecule has 0 bridgehead atoms. The first kappa shape index (κ1) is 12.7. The van der Waals surface area contributed by atoms with Gasteiger partial charge < -0.3 is 9.47 Å². The van der Waals surface area contributed by atoms with E-state index in [2.05, 4.69) is 21.0 Å². The van der Waals surface area contributed by atoms with Crippen molar-refractivity contribution in [2.24, 2.45) is 7.05 Å². The monoisotopic (exact) mass is 302 g/mol. The first-order valence-electron chi connectivity index (χ1n) is 5.49. The van der Waals surface area contributed by atoms with E-state index in [0.29, 0.717) is 26.2 Å². The molecule has 17 heavy (non-hydrogen) atoms. The lowest BCUT2D eigenvalue weighted by Gasteiger charge is -2.21. The molecule has 1 saturated heterocycles. The predicted molar refractivity (Wildman–Crippen MR) is 64.9 cm³/mol. The van der Waals surface area contributed by atoms with Gasteiger partial charge in [0, 0.05) is 7.05 Å². The molecule has 1 unspecified atom stereocenters. The number of hydrogen-bond acceptors (Lipinski definition) is 4. The van der Waals surface area contributed by atoms with Gasteiger partial charge in [-0.25, -0.2) is 0 Å². The van der Waals surface area contributed by atoms with Crippen molar-refractivity contribution in [2.45, 2.75) is 19.4 Å². The lowest BCUT2D eigenvalue weighted by molar-refractivity contribution is -0.144. The minimum absolute atomic E-state index is 0.0356. The molecular formula is C11H15BrN2O3. The second-order valence-corrected chi connectivity index (χ2v) is 4.84. The Balaban J connectivity index is 2.07. The number of aromatic nitrogens is 2. The Kier molecular flexibility index (Phi) is 3.96. The van der Waals surface area contributed by atoms with Crippen LogP contribution < -0.4 is 0 Å². The summed E-state index contributed by atoms with van der Waals surface area (Å²) >= 11 is 3.45. The molecule has 0 aliphatic carbocycles. The number of carbonyl (C=O) groups is 1. The molecule has 0 aromatic carbocycles. The summed E-state index contributed by atoms with van der Waals surface area (Å²) < 4.78 is 13.2. The lowest BCUT2D eigenvalue weighted by Crippen LogP contribution is -2.36. The topological polar surface area (TPSA) is 53.4 Å². The molecule has 1 aromatic rings. The molecule has 0 N–H and O–H groups in total. The van der Waals surface area contributed by atoms with E-state index in [1.165, 1.54) is 0 Å². The third kappa shape index (κ3) is 2.75. The van der Waals surface area contributed by atoms with Crippen LogP contribution in [0.2, 0.25) is 0 Å². The smallest absolute Gasteiger partial charge is 0.169 e. The number of Topliss-reactive ketones (excluding diaryl/α,β-unsaturated/α-hetero) is 1. The minimum Gasteiger partial charge on any atom is -0.376 e. The highest BCUT2D eigenvalue weighted by atomic mass is 79.9. The molecule has 1 aliphatic rings. The molecule has 0 radical (unpaired) electrons. The maximum absolute atomic E-state index is 12.0. The van der Waals surface area contributed by atoms with Crippen LogP contribution in [0.1, 0.15) is 11.4 Å². The van der Waals surface area contributed by atoms with Gasteiger partial charge in [0.15, 0.2) is 5.78 Å². The molecule has 5 nitrogen and oxygen atoms in total. The third-order valence-corrected chi connectivity index (χ3v) is 3.81. The Morgan fingerprint density at radius 2 is 2.35 bits per heavy atom. The highest BCUT2D eigenvalue weighted by Crippen LogP contribution is 2.21. The van der Waals surface area contributed by atoms with E-state index in [0.717, 1.165) is 15.9 Å². The summed E-state index contributed by atoms with van der Waals surface area (Å²) in [5.74, 6) is 0.0356. The highest BCUT2D eigenvalue weighted by molar-refractivity contribution is 9.10. The maximum Gasteiger partial charge on any atom is 0.169 e.